The maximum atomic E-state index is 13.3. The van der Waals surface area contributed by atoms with Crippen molar-refractivity contribution >= 4 is 28.9 Å². The molecule has 0 spiro atoms. The van der Waals surface area contributed by atoms with E-state index in [-0.39, 0.29) is 10.9 Å². The van der Waals surface area contributed by atoms with Crippen LogP contribution in [-0.2, 0) is 0 Å². The van der Waals surface area contributed by atoms with Crippen LogP contribution in [0.5, 0.6) is 0 Å². The van der Waals surface area contributed by atoms with Crippen molar-refractivity contribution < 1.29 is 9.18 Å². The van der Waals surface area contributed by atoms with E-state index in [1.807, 2.05) is 13.0 Å². The largest absolute Gasteiger partial charge is 0.323 e. The van der Waals surface area contributed by atoms with Crippen LogP contribution in [0.3, 0.4) is 0 Å². The Kier molecular flexibility index (Phi) is 4.22. The molecule has 0 saturated carbocycles. The first-order chi connectivity index (χ1) is 9.51. The minimum absolute atomic E-state index is 0.00266. The van der Waals surface area contributed by atoms with Gasteiger partial charge in [-0.05, 0) is 37.3 Å². The lowest BCUT2D eigenvalue weighted by Gasteiger charge is -2.11. The Bertz CT molecular complexity index is 661. The molecule has 20 heavy (non-hydrogen) atoms. The van der Waals surface area contributed by atoms with Gasteiger partial charge in [0.2, 0.25) is 0 Å². The van der Waals surface area contributed by atoms with Gasteiger partial charge < -0.3 is 10.7 Å². The van der Waals surface area contributed by atoms with Crippen LogP contribution in [0.2, 0.25) is 5.02 Å². The number of hydrazine groups is 1. The number of halogens is 2. The molecule has 0 aromatic heterocycles. The summed E-state index contributed by atoms with van der Waals surface area (Å²) in [4.78, 5) is 12.2. The summed E-state index contributed by atoms with van der Waals surface area (Å²) in [6.07, 6.45) is 0. The summed E-state index contributed by atoms with van der Waals surface area (Å²) in [5.41, 5.74) is 4.55. The van der Waals surface area contributed by atoms with Gasteiger partial charge in [0, 0.05) is 5.69 Å². The van der Waals surface area contributed by atoms with Crippen LogP contribution in [-0.4, -0.2) is 5.91 Å². The molecule has 0 radical (unpaired) electrons. The first-order valence-corrected chi connectivity index (χ1v) is 6.22. The maximum Gasteiger partial charge on any atom is 0.257 e. The van der Waals surface area contributed by atoms with E-state index < -0.39 is 5.82 Å². The van der Waals surface area contributed by atoms with Crippen LogP contribution in [0.15, 0.2) is 36.4 Å². The molecule has 6 heteroatoms. The number of hydrogen-bond acceptors (Lipinski definition) is 3. The molecular weight excluding hydrogens is 281 g/mol. The first kappa shape index (κ1) is 14.3. The highest BCUT2D eigenvalue weighted by molar-refractivity contribution is 6.30. The topological polar surface area (TPSA) is 67.1 Å². The third kappa shape index (κ3) is 3.07. The minimum atomic E-state index is -0.592. The summed E-state index contributed by atoms with van der Waals surface area (Å²) in [5, 5.41) is 2.60. The Morgan fingerprint density at radius 2 is 2.00 bits per heavy atom. The van der Waals surface area contributed by atoms with Gasteiger partial charge in [0.25, 0.3) is 5.91 Å². The third-order valence-corrected chi connectivity index (χ3v) is 3.06. The second kappa shape index (κ2) is 5.90. The van der Waals surface area contributed by atoms with Gasteiger partial charge in [-0.15, -0.1) is 0 Å². The molecule has 104 valence electrons. The second-order valence-electron chi connectivity index (χ2n) is 4.28. The van der Waals surface area contributed by atoms with Crippen molar-refractivity contribution in [3.8, 4) is 0 Å². The molecule has 0 aliphatic rings. The molecule has 0 heterocycles. The molecule has 0 bridgehead atoms. The minimum Gasteiger partial charge on any atom is -0.323 e. The van der Waals surface area contributed by atoms with Crippen molar-refractivity contribution in [2.24, 2.45) is 5.84 Å². The van der Waals surface area contributed by atoms with Crippen molar-refractivity contribution in [1.82, 2.24) is 0 Å². The molecule has 2 rings (SSSR count). The highest BCUT2D eigenvalue weighted by Crippen LogP contribution is 2.21. The summed E-state index contributed by atoms with van der Waals surface area (Å²) < 4.78 is 13.3. The van der Waals surface area contributed by atoms with Crippen molar-refractivity contribution in [3.05, 3.63) is 58.4 Å². The highest BCUT2D eigenvalue weighted by Gasteiger charge is 2.12. The lowest BCUT2D eigenvalue weighted by atomic mass is 10.1. The van der Waals surface area contributed by atoms with Crippen molar-refractivity contribution in [2.45, 2.75) is 6.92 Å². The summed E-state index contributed by atoms with van der Waals surface area (Å²) in [7, 11) is 0. The number of anilines is 2. The van der Waals surface area contributed by atoms with Gasteiger partial charge in [0.05, 0.1) is 16.3 Å². The lowest BCUT2D eigenvalue weighted by molar-refractivity contribution is 0.102. The fourth-order valence-electron chi connectivity index (χ4n) is 1.74. The molecule has 4 nitrogen and oxygen atoms in total. The van der Waals surface area contributed by atoms with Crippen LogP contribution >= 0.6 is 11.6 Å². The molecule has 0 fully saturated rings. The normalized spacial score (nSPS) is 10.2. The number of nitrogens with one attached hydrogen (secondary N) is 2. The van der Waals surface area contributed by atoms with Crippen LogP contribution in [0.25, 0.3) is 0 Å². The number of carbonyl (C=O) groups excluding carboxylic acids is 1. The lowest BCUT2D eigenvalue weighted by Crippen LogP contribution is -2.17. The van der Waals surface area contributed by atoms with E-state index in [1.54, 1.807) is 12.1 Å². The summed E-state index contributed by atoms with van der Waals surface area (Å²) >= 11 is 5.59. The quantitative estimate of drug-likeness (QED) is 0.601. The number of nitrogens with two attached hydrogens (primary N) is 1. The van der Waals surface area contributed by atoms with Gasteiger partial charge in [-0.3, -0.25) is 10.6 Å². The predicted molar refractivity (Wildman–Crippen MR) is 78.4 cm³/mol. The Morgan fingerprint density at radius 3 is 2.65 bits per heavy atom. The monoisotopic (exact) mass is 293 g/mol. The van der Waals surface area contributed by atoms with Crippen LogP contribution in [0, 0.1) is 12.7 Å². The van der Waals surface area contributed by atoms with E-state index >= 15 is 0 Å². The molecule has 0 aliphatic heterocycles. The SMILES string of the molecule is Cc1ccc(NN)c(C(=O)Nc2ccc(Cl)c(F)c2)c1. The average Bonchev–Trinajstić information content (AvgIpc) is 2.43. The van der Waals surface area contributed by atoms with E-state index in [0.29, 0.717) is 16.9 Å². The zero-order valence-corrected chi connectivity index (χ0v) is 11.5. The van der Waals surface area contributed by atoms with Crippen molar-refractivity contribution in [1.29, 1.82) is 0 Å². The number of carbonyl (C=O) groups is 1. The van der Waals surface area contributed by atoms with Gasteiger partial charge in [0.15, 0.2) is 0 Å². The number of amides is 1. The Morgan fingerprint density at radius 1 is 1.25 bits per heavy atom. The molecule has 1 amide bonds. The van der Waals surface area contributed by atoms with Crippen molar-refractivity contribution in [2.75, 3.05) is 10.7 Å². The first-order valence-electron chi connectivity index (χ1n) is 5.85. The second-order valence-corrected chi connectivity index (χ2v) is 4.68. The van der Waals surface area contributed by atoms with E-state index in [4.69, 9.17) is 17.4 Å². The predicted octanol–water partition coefficient (Wildman–Crippen LogP) is 3.33. The van der Waals surface area contributed by atoms with Crippen molar-refractivity contribution in [3.63, 3.8) is 0 Å². The standard InChI is InChI=1S/C14H13ClFN3O/c1-8-2-5-13(19-17)10(6-8)14(20)18-9-3-4-11(15)12(16)7-9/h2-7,19H,17H2,1H3,(H,18,20). The van der Waals surface area contributed by atoms with Gasteiger partial charge in [-0.1, -0.05) is 23.2 Å². The number of aryl methyl sites for hydroxylation is 1. The Balaban J connectivity index is 2.27. The van der Waals surface area contributed by atoms with E-state index in [9.17, 15) is 9.18 Å². The van der Waals surface area contributed by atoms with E-state index in [0.717, 1.165) is 11.6 Å². The zero-order valence-electron chi connectivity index (χ0n) is 10.7. The van der Waals surface area contributed by atoms with Gasteiger partial charge in [0.1, 0.15) is 5.82 Å². The summed E-state index contributed by atoms with van der Waals surface area (Å²) in [6.45, 7) is 1.86. The molecule has 4 N–H and O–H groups in total. The summed E-state index contributed by atoms with van der Waals surface area (Å²) in [6, 6.07) is 9.28. The third-order valence-electron chi connectivity index (χ3n) is 2.75. The average molecular weight is 294 g/mol. The fraction of sp³-hybridized carbons (Fsp3) is 0.0714. The van der Waals surface area contributed by atoms with Crippen LogP contribution in [0.4, 0.5) is 15.8 Å². The molecule has 0 unspecified atom stereocenters. The van der Waals surface area contributed by atoms with Gasteiger partial charge in [-0.2, -0.15) is 0 Å². The fourth-order valence-corrected chi connectivity index (χ4v) is 1.86. The van der Waals surface area contributed by atoms with Gasteiger partial charge >= 0.3 is 0 Å². The zero-order chi connectivity index (χ0) is 14.7. The Hall–Kier alpha value is -2.11. The maximum absolute atomic E-state index is 13.3. The van der Waals surface area contributed by atoms with E-state index in [1.165, 1.54) is 12.1 Å². The smallest absolute Gasteiger partial charge is 0.257 e. The Labute approximate surface area is 120 Å². The van der Waals surface area contributed by atoms with Crippen LogP contribution in [0.1, 0.15) is 15.9 Å². The number of nitrogen functional groups attached to an aromatic ring is 1. The summed E-state index contributed by atoms with van der Waals surface area (Å²) in [5.74, 6) is 4.39. The highest BCUT2D eigenvalue weighted by atomic mass is 35.5. The molecule has 0 saturated heterocycles. The van der Waals surface area contributed by atoms with Gasteiger partial charge in [-0.25, -0.2) is 4.39 Å². The number of benzene rings is 2. The number of rotatable bonds is 3. The number of hydrogen-bond donors (Lipinski definition) is 3. The molecular formula is C14H13ClFN3O. The van der Waals surface area contributed by atoms with E-state index in [2.05, 4.69) is 10.7 Å². The molecule has 2 aromatic carbocycles. The van der Waals surface area contributed by atoms with Crippen LogP contribution < -0.4 is 16.6 Å². The molecule has 0 atom stereocenters. The molecule has 2 aromatic rings. The molecule has 0 aliphatic carbocycles.